The van der Waals surface area contributed by atoms with Gasteiger partial charge in [-0.15, -0.1) is 0 Å². The summed E-state index contributed by atoms with van der Waals surface area (Å²) in [5, 5.41) is 0.718. The van der Waals surface area contributed by atoms with Gasteiger partial charge >= 0.3 is 0 Å². The summed E-state index contributed by atoms with van der Waals surface area (Å²) in [5.41, 5.74) is 5.71. The van der Waals surface area contributed by atoms with Crippen LogP contribution in [0.2, 0.25) is 0 Å². The van der Waals surface area contributed by atoms with E-state index in [-0.39, 0.29) is 5.78 Å². The lowest BCUT2D eigenvalue weighted by molar-refractivity contribution is 0.101. The summed E-state index contributed by atoms with van der Waals surface area (Å²) in [6.07, 6.45) is 0. The van der Waals surface area contributed by atoms with Gasteiger partial charge in [0, 0.05) is 16.7 Å². The van der Waals surface area contributed by atoms with Crippen molar-refractivity contribution < 1.29 is 4.79 Å². The highest BCUT2D eigenvalue weighted by atomic mass is 32.1. The molecule has 4 aromatic rings. The minimum atomic E-state index is 0.0678. The van der Waals surface area contributed by atoms with E-state index < -0.39 is 0 Å². The van der Waals surface area contributed by atoms with Gasteiger partial charge in [-0.3, -0.25) is 4.79 Å². The number of carbonyl (C=O) groups is 1. The Morgan fingerprint density at radius 1 is 0.793 bits per heavy atom. The average Bonchev–Trinajstić information content (AvgIpc) is 3.13. The molecular formula is C25H20N2OS. The van der Waals surface area contributed by atoms with Crippen LogP contribution in [0.1, 0.15) is 34.1 Å². The van der Waals surface area contributed by atoms with E-state index in [4.69, 9.17) is 9.98 Å². The highest BCUT2D eigenvalue weighted by Gasteiger charge is 2.13. The summed E-state index contributed by atoms with van der Waals surface area (Å²) in [5.74, 6) is 0.0678. The summed E-state index contributed by atoms with van der Waals surface area (Å²) < 4.78 is 0. The van der Waals surface area contributed by atoms with E-state index in [9.17, 15) is 4.79 Å². The summed E-state index contributed by atoms with van der Waals surface area (Å²) in [6.45, 7) is 3.57. The first kappa shape index (κ1) is 19.0. The number of hydrogen-bond acceptors (Lipinski definition) is 4. The first-order valence-corrected chi connectivity index (χ1v) is 10.2. The third-order valence-electron chi connectivity index (χ3n) is 4.64. The fourth-order valence-corrected chi connectivity index (χ4v) is 4.09. The maximum atomic E-state index is 11.5. The van der Waals surface area contributed by atoms with Crippen LogP contribution in [0.15, 0.2) is 89.9 Å². The number of aryl methyl sites for hydroxylation is 1. The SMILES string of the molecule is CC(=O)c1ccc(-c2sc(N=C(c3ccccc3)c3ccccc3)nc2C)cc1. The van der Waals surface area contributed by atoms with Gasteiger partial charge in [0.2, 0.25) is 5.13 Å². The molecule has 29 heavy (non-hydrogen) atoms. The van der Waals surface area contributed by atoms with Crippen LogP contribution in [0, 0.1) is 6.92 Å². The molecule has 3 nitrogen and oxygen atoms in total. The van der Waals surface area contributed by atoms with Gasteiger partial charge in [0.05, 0.1) is 16.3 Å². The molecular weight excluding hydrogens is 376 g/mol. The fraction of sp³-hybridized carbons (Fsp3) is 0.0800. The van der Waals surface area contributed by atoms with Crippen LogP contribution in [0.5, 0.6) is 0 Å². The maximum absolute atomic E-state index is 11.5. The Morgan fingerprint density at radius 3 is 1.86 bits per heavy atom. The Hall–Kier alpha value is -3.37. The topological polar surface area (TPSA) is 42.3 Å². The molecule has 0 saturated heterocycles. The van der Waals surface area contributed by atoms with E-state index in [1.165, 1.54) is 0 Å². The van der Waals surface area contributed by atoms with Crippen LogP contribution in [0.25, 0.3) is 10.4 Å². The highest BCUT2D eigenvalue weighted by Crippen LogP contribution is 2.35. The number of carbonyl (C=O) groups excluding carboxylic acids is 1. The summed E-state index contributed by atoms with van der Waals surface area (Å²) in [6, 6.07) is 28.0. The summed E-state index contributed by atoms with van der Waals surface area (Å²) in [4.78, 5) is 22.2. The number of thiazole rings is 1. The van der Waals surface area contributed by atoms with E-state index in [0.29, 0.717) is 5.56 Å². The van der Waals surface area contributed by atoms with Gasteiger partial charge in [-0.05, 0) is 19.4 Å². The number of hydrogen-bond donors (Lipinski definition) is 0. The Labute approximate surface area is 174 Å². The Kier molecular flexibility index (Phi) is 5.45. The molecule has 1 aromatic heterocycles. The zero-order chi connectivity index (χ0) is 20.2. The van der Waals surface area contributed by atoms with Crippen molar-refractivity contribution in [3.05, 3.63) is 107 Å². The predicted molar refractivity (Wildman–Crippen MR) is 120 cm³/mol. The summed E-state index contributed by atoms with van der Waals surface area (Å²) in [7, 11) is 0. The van der Waals surface area contributed by atoms with Crippen molar-refractivity contribution in [3.63, 3.8) is 0 Å². The number of aromatic nitrogens is 1. The first-order chi connectivity index (χ1) is 14.1. The quantitative estimate of drug-likeness (QED) is 0.286. The van der Waals surface area contributed by atoms with Crippen LogP contribution in [0.3, 0.4) is 0 Å². The Morgan fingerprint density at radius 2 is 1.34 bits per heavy atom. The average molecular weight is 397 g/mol. The lowest BCUT2D eigenvalue weighted by atomic mass is 10.0. The first-order valence-electron chi connectivity index (χ1n) is 9.40. The number of ketones is 1. The molecule has 4 rings (SSSR count). The molecule has 4 heteroatoms. The largest absolute Gasteiger partial charge is 0.295 e. The second kappa shape index (κ2) is 8.33. The second-order valence-corrected chi connectivity index (χ2v) is 7.71. The van der Waals surface area contributed by atoms with Crippen LogP contribution < -0.4 is 0 Å². The van der Waals surface area contributed by atoms with Crippen molar-refractivity contribution >= 4 is 28.0 Å². The number of aliphatic imine (C=N–C) groups is 1. The fourth-order valence-electron chi connectivity index (χ4n) is 3.14. The molecule has 0 bridgehead atoms. The van der Waals surface area contributed by atoms with Crippen LogP contribution in [-0.4, -0.2) is 16.5 Å². The van der Waals surface area contributed by atoms with Crippen molar-refractivity contribution in [1.82, 2.24) is 4.98 Å². The minimum Gasteiger partial charge on any atom is -0.295 e. The number of rotatable bonds is 5. The molecule has 0 atom stereocenters. The third-order valence-corrected chi connectivity index (χ3v) is 5.74. The van der Waals surface area contributed by atoms with Gasteiger partial charge in [-0.2, -0.15) is 0 Å². The normalized spacial score (nSPS) is 10.6. The predicted octanol–water partition coefficient (Wildman–Crippen LogP) is 6.49. The standard InChI is InChI=1S/C25H20N2OS/c1-17-24(22-15-13-19(14-16-22)18(2)28)29-25(26-17)27-23(20-9-5-3-6-10-20)21-11-7-4-8-12-21/h3-16H,1-2H3. The molecule has 0 fully saturated rings. The zero-order valence-corrected chi connectivity index (χ0v) is 17.1. The molecule has 0 unspecified atom stereocenters. The van der Waals surface area contributed by atoms with E-state index >= 15 is 0 Å². The monoisotopic (exact) mass is 396 g/mol. The van der Waals surface area contributed by atoms with Gasteiger partial charge in [0.15, 0.2) is 5.78 Å². The molecule has 0 radical (unpaired) electrons. The van der Waals surface area contributed by atoms with Crippen molar-refractivity contribution in [2.24, 2.45) is 4.99 Å². The van der Waals surface area contributed by atoms with Crippen molar-refractivity contribution in [2.75, 3.05) is 0 Å². The number of nitrogens with zero attached hydrogens (tertiary/aromatic N) is 2. The molecule has 0 aliphatic heterocycles. The Balaban J connectivity index is 1.76. The van der Waals surface area contributed by atoms with Crippen LogP contribution in [-0.2, 0) is 0 Å². The molecule has 0 amide bonds. The number of benzene rings is 3. The Bertz CT molecular complexity index is 1120. The minimum absolute atomic E-state index is 0.0678. The molecule has 0 aliphatic rings. The van der Waals surface area contributed by atoms with Crippen molar-refractivity contribution in [2.45, 2.75) is 13.8 Å². The lowest BCUT2D eigenvalue weighted by Gasteiger charge is -2.06. The van der Waals surface area contributed by atoms with E-state index in [2.05, 4.69) is 24.3 Å². The molecule has 1 heterocycles. The van der Waals surface area contributed by atoms with Gasteiger partial charge in [-0.25, -0.2) is 9.98 Å². The number of Topliss-reactive ketones (excluding diaryl/α,β-unsaturated/α-hetero) is 1. The van der Waals surface area contributed by atoms with Gasteiger partial charge in [-0.1, -0.05) is 96.3 Å². The van der Waals surface area contributed by atoms with Crippen molar-refractivity contribution in [3.8, 4) is 10.4 Å². The van der Waals surface area contributed by atoms with Gasteiger partial charge < -0.3 is 0 Å². The third kappa shape index (κ3) is 4.23. The lowest BCUT2D eigenvalue weighted by Crippen LogP contribution is -2.02. The van der Waals surface area contributed by atoms with Crippen LogP contribution >= 0.6 is 11.3 Å². The molecule has 0 N–H and O–H groups in total. The molecule has 0 aliphatic carbocycles. The van der Waals surface area contributed by atoms with E-state index in [0.717, 1.165) is 38.1 Å². The molecule has 0 saturated carbocycles. The zero-order valence-electron chi connectivity index (χ0n) is 16.3. The second-order valence-electron chi connectivity index (χ2n) is 6.74. The van der Waals surface area contributed by atoms with E-state index in [1.54, 1.807) is 18.3 Å². The van der Waals surface area contributed by atoms with Crippen molar-refractivity contribution in [1.29, 1.82) is 0 Å². The van der Waals surface area contributed by atoms with Gasteiger partial charge in [0.1, 0.15) is 0 Å². The molecule has 142 valence electrons. The smallest absolute Gasteiger partial charge is 0.210 e. The van der Waals surface area contributed by atoms with E-state index in [1.807, 2.05) is 67.6 Å². The molecule has 0 spiro atoms. The molecule has 3 aromatic carbocycles. The maximum Gasteiger partial charge on any atom is 0.210 e. The van der Waals surface area contributed by atoms with Gasteiger partial charge in [0.25, 0.3) is 0 Å². The van der Waals surface area contributed by atoms with Crippen LogP contribution in [0.4, 0.5) is 5.13 Å². The summed E-state index contributed by atoms with van der Waals surface area (Å²) >= 11 is 1.56. The highest BCUT2D eigenvalue weighted by molar-refractivity contribution is 7.18.